The molecule has 0 spiro atoms. The van der Waals surface area contributed by atoms with Crippen LogP contribution in [-0.2, 0) is 0 Å². The molecule has 0 radical (unpaired) electrons. The Kier molecular flexibility index (Phi) is 3.03. The van der Waals surface area contributed by atoms with E-state index in [0.717, 1.165) is 0 Å². The van der Waals surface area contributed by atoms with E-state index in [1.807, 2.05) is 5.32 Å². The SMILES string of the molecule is C[C@@H](NC(=O)O)/C(N)=N/O. The first kappa shape index (κ1) is 8.54. The average molecular weight is 147 g/mol. The Morgan fingerprint density at radius 3 is 2.60 bits per heavy atom. The summed E-state index contributed by atoms with van der Waals surface area (Å²) in [6.45, 7) is 1.46. The van der Waals surface area contributed by atoms with Gasteiger partial charge in [0.05, 0.1) is 6.04 Å². The summed E-state index contributed by atoms with van der Waals surface area (Å²) in [5.74, 6) is -0.164. The van der Waals surface area contributed by atoms with Crippen LogP contribution in [-0.4, -0.2) is 28.3 Å². The third-order valence-corrected chi connectivity index (χ3v) is 0.899. The molecule has 0 heterocycles. The third-order valence-electron chi connectivity index (χ3n) is 0.899. The Morgan fingerprint density at radius 1 is 1.80 bits per heavy atom. The summed E-state index contributed by atoms with van der Waals surface area (Å²) in [5, 5.41) is 20.8. The van der Waals surface area contributed by atoms with Gasteiger partial charge in [0.1, 0.15) is 0 Å². The summed E-state index contributed by atoms with van der Waals surface area (Å²) in [7, 11) is 0. The number of nitrogens with one attached hydrogen (secondary N) is 1. The van der Waals surface area contributed by atoms with Gasteiger partial charge in [0.25, 0.3) is 0 Å². The fraction of sp³-hybridized carbons (Fsp3) is 0.500. The highest BCUT2D eigenvalue weighted by atomic mass is 16.4. The number of nitrogens with zero attached hydrogens (tertiary/aromatic N) is 1. The minimum Gasteiger partial charge on any atom is -0.465 e. The van der Waals surface area contributed by atoms with E-state index in [2.05, 4.69) is 5.16 Å². The van der Waals surface area contributed by atoms with E-state index in [1.165, 1.54) is 6.92 Å². The lowest BCUT2D eigenvalue weighted by molar-refractivity contribution is 0.193. The Hall–Kier alpha value is -1.46. The fourth-order valence-corrected chi connectivity index (χ4v) is 0.346. The van der Waals surface area contributed by atoms with Gasteiger partial charge >= 0.3 is 6.09 Å². The molecule has 0 saturated carbocycles. The second kappa shape index (κ2) is 3.54. The molecule has 10 heavy (non-hydrogen) atoms. The third kappa shape index (κ3) is 2.75. The highest BCUT2D eigenvalue weighted by Gasteiger charge is 2.08. The summed E-state index contributed by atoms with van der Waals surface area (Å²) >= 11 is 0. The zero-order valence-electron chi connectivity index (χ0n) is 5.40. The van der Waals surface area contributed by atoms with Crippen LogP contribution in [0.2, 0.25) is 0 Å². The smallest absolute Gasteiger partial charge is 0.405 e. The molecule has 6 nitrogen and oxygen atoms in total. The number of carboxylic acid groups (broad SMARTS) is 1. The van der Waals surface area contributed by atoms with E-state index in [9.17, 15) is 4.79 Å². The van der Waals surface area contributed by atoms with Crippen molar-refractivity contribution >= 4 is 11.9 Å². The number of amides is 1. The summed E-state index contributed by atoms with van der Waals surface area (Å²) in [4.78, 5) is 9.93. The highest BCUT2D eigenvalue weighted by molar-refractivity contribution is 5.87. The van der Waals surface area contributed by atoms with Crippen molar-refractivity contribution in [1.82, 2.24) is 5.32 Å². The molecule has 0 aromatic carbocycles. The van der Waals surface area contributed by atoms with Gasteiger partial charge in [-0.25, -0.2) is 4.79 Å². The van der Waals surface area contributed by atoms with Crippen molar-refractivity contribution in [3.05, 3.63) is 0 Å². The standard InChI is InChI=1S/C4H9N3O3/c1-2(3(5)7-10)6-4(8)9/h2,6,10H,1H3,(H2,5,7)(H,8,9)/t2-/m1/s1. The van der Waals surface area contributed by atoms with Crippen molar-refractivity contribution in [3.8, 4) is 0 Å². The predicted octanol–water partition coefficient (Wildman–Crippen LogP) is -0.611. The first-order valence-corrected chi connectivity index (χ1v) is 2.54. The molecule has 0 bridgehead atoms. The van der Waals surface area contributed by atoms with Gasteiger partial charge in [0, 0.05) is 0 Å². The molecule has 0 unspecified atom stereocenters. The Morgan fingerprint density at radius 2 is 2.30 bits per heavy atom. The predicted molar refractivity (Wildman–Crippen MR) is 34.0 cm³/mol. The van der Waals surface area contributed by atoms with Crippen molar-refractivity contribution in [3.63, 3.8) is 0 Å². The number of oxime groups is 1. The zero-order valence-corrected chi connectivity index (χ0v) is 5.40. The molecule has 5 N–H and O–H groups in total. The van der Waals surface area contributed by atoms with Gasteiger partial charge in [-0.2, -0.15) is 0 Å². The monoisotopic (exact) mass is 147 g/mol. The van der Waals surface area contributed by atoms with E-state index in [4.69, 9.17) is 16.0 Å². The van der Waals surface area contributed by atoms with Crippen molar-refractivity contribution in [1.29, 1.82) is 0 Å². The van der Waals surface area contributed by atoms with Gasteiger partial charge < -0.3 is 21.4 Å². The summed E-state index contributed by atoms with van der Waals surface area (Å²) in [5.41, 5.74) is 5.04. The number of rotatable bonds is 2. The van der Waals surface area contributed by atoms with E-state index in [1.54, 1.807) is 0 Å². The van der Waals surface area contributed by atoms with E-state index >= 15 is 0 Å². The molecule has 0 aliphatic rings. The van der Waals surface area contributed by atoms with Crippen LogP contribution < -0.4 is 11.1 Å². The maximum Gasteiger partial charge on any atom is 0.405 e. The molecule has 0 aromatic heterocycles. The molecular formula is C4H9N3O3. The lowest BCUT2D eigenvalue weighted by atomic mass is 10.3. The number of nitrogens with two attached hydrogens (primary N) is 1. The van der Waals surface area contributed by atoms with Crippen molar-refractivity contribution < 1.29 is 15.1 Å². The van der Waals surface area contributed by atoms with Gasteiger partial charge in [-0.1, -0.05) is 5.16 Å². The number of amidine groups is 1. The van der Waals surface area contributed by atoms with Gasteiger partial charge in [-0.15, -0.1) is 0 Å². The van der Waals surface area contributed by atoms with Crippen molar-refractivity contribution in [2.75, 3.05) is 0 Å². The molecule has 6 heteroatoms. The van der Waals surface area contributed by atoms with Crippen molar-refractivity contribution in [2.24, 2.45) is 10.9 Å². The lowest BCUT2D eigenvalue weighted by Gasteiger charge is -2.07. The summed E-state index contributed by atoms with van der Waals surface area (Å²) < 4.78 is 0. The van der Waals surface area contributed by atoms with E-state index in [0.29, 0.717) is 0 Å². The molecule has 1 amide bonds. The topological polar surface area (TPSA) is 108 Å². The first-order valence-electron chi connectivity index (χ1n) is 2.54. The van der Waals surface area contributed by atoms with Gasteiger partial charge in [-0.3, -0.25) is 0 Å². The molecule has 0 aromatic rings. The fourth-order valence-electron chi connectivity index (χ4n) is 0.346. The Balaban J connectivity index is 3.85. The number of hydrogen-bond donors (Lipinski definition) is 4. The van der Waals surface area contributed by atoms with Crippen LogP contribution in [0.3, 0.4) is 0 Å². The molecular weight excluding hydrogens is 138 g/mol. The van der Waals surface area contributed by atoms with Crippen LogP contribution in [0.4, 0.5) is 4.79 Å². The second-order valence-corrected chi connectivity index (χ2v) is 1.70. The van der Waals surface area contributed by atoms with Gasteiger partial charge in [-0.05, 0) is 6.92 Å². The summed E-state index contributed by atoms with van der Waals surface area (Å²) in [6.07, 6.45) is -1.21. The molecule has 1 atom stereocenters. The molecule has 0 aliphatic heterocycles. The first-order chi connectivity index (χ1) is 4.57. The lowest BCUT2D eigenvalue weighted by Crippen LogP contribution is -2.41. The maximum atomic E-state index is 9.93. The van der Waals surface area contributed by atoms with E-state index < -0.39 is 12.1 Å². The Labute approximate surface area is 57.3 Å². The molecule has 0 fully saturated rings. The van der Waals surface area contributed by atoms with Crippen LogP contribution in [0.25, 0.3) is 0 Å². The molecule has 58 valence electrons. The van der Waals surface area contributed by atoms with Crippen LogP contribution >= 0.6 is 0 Å². The molecule has 0 saturated heterocycles. The second-order valence-electron chi connectivity index (χ2n) is 1.70. The Bertz CT molecular complexity index is 156. The van der Waals surface area contributed by atoms with Crippen LogP contribution in [0, 0.1) is 0 Å². The van der Waals surface area contributed by atoms with Crippen molar-refractivity contribution in [2.45, 2.75) is 13.0 Å². The maximum absolute atomic E-state index is 9.93. The quantitative estimate of drug-likeness (QED) is 0.181. The van der Waals surface area contributed by atoms with Crippen LogP contribution in [0.1, 0.15) is 6.92 Å². The molecule has 0 aliphatic carbocycles. The average Bonchev–Trinajstić information content (AvgIpc) is 1.85. The number of hydrogen-bond acceptors (Lipinski definition) is 3. The van der Waals surface area contributed by atoms with Gasteiger partial charge in [0.15, 0.2) is 5.84 Å². The minimum absolute atomic E-state index is 0.164. The minimum atomic E-state index is -1.21. The molecule has 0 rings (SSSR count). The zero-order chi connectivity index (χ0) is 8.15. The highest BCUT2D eigenvalue weighted by Crippen LogP contribution is 1.80. The normalized spacial score (nSPS) is 14.3. The van der Waals surface area contributed by atoms with Gasteiger partial charge in [0.2, 0.25) is 0 Å². The number of carbonyl (C=O) groups is 1. The van der Waals surface area contributed by atoms with Crippen LogP contribution in [0.15, 0.2) is 5.16 Å². The summed E-state index contributed by atoms with van der Waals surface area (Å²) in [6, 6.07) is -0.664. The largest absolute Gasteiger partial charge is 0.465 e. The van der Waals surface area contributed by atoms with E-state index in [-0.39, 0.29) is 5.84 Å². The van der Waals surface area contributed by atoms with Crippen LogP contribution in [0.5, 0.6) is 0 Å².